The maximum absolute atomic E-state index is 14.1. The Hall–Kier alpha value is -1.85. The molecule has 214 valence electrons. The third-order valence-corrected chi connectivity index (χ3v) is 10.3. The van der Waals surface area contributed by atoms with E-state index in [0.29, 0.717) is 42.6 Å². The number of hydrogen-bond donors (Lipinski definition) is 0. The van der Waals surface area contributed by atoms with E-state index in [1.165, 1.54) is 60.0 Å². The topological polar surface area (TPSA) is 70.2 Å². The number of amides is 1. The molecule has 3 aliphatic heterocycles. The van der Waals surface area contributed by atoms with E-state index in [4.69, 9.17) is 16.3 Å². The van der Waals surface area contributed by atoms with Gasteiger partial charge in [-0.05, 0) is 93.6 Å². The average molecular weight is 598 g/mol. The largest absolute Gasteiger partial charge is 0.448 e. The van der Waals surface area contributed by atoms with E-state index in [0.717, 1.165) is 25.9 Å². The number of ether oxygens (including phenoxy) is 1. The van der Waals surface area contributed by atoms with Crippen molar-refractivity contribution in [1.29, 1.82) is 0 Å². The van der Waals surface area contributed by atoms with E-state index in [1.54, 1.807) is 17.0 Å². The van der Waals surface area contributed by atoms with Gasteiger partial charge in [0.15, 0.2) is 0 Å². The quantitative estimate of drug-likeness (QED) is 0.435. The van der Waals surface area contributed by atoms with Crippen molar-refractivity contribution in [2.24, 2.45) is 0 Å². The van der Waals surface area contributed by atoms with Crippen LogP contribution in [0.4, 0.5) is 9.18 Å². The molecule has 39 heavy (non-hydrogen) atoms. The van der Waals surface area contributed by atoms with Gasteiger partial charge in [0.1, 0.15) is 12.4 Å². The summed E-state index contributed by atoms with van der Waals surface area (Å²) < 4.78 is 48.7. The van der Waals surface area contributed by atoms with Gasteiger partial charge >= 0.3 is 6.09 Å². The molecule has 0 bridgehead atoms. The molecule has 0 unspecified atom stereocenters. The highest BCUT2D eigenvalue weighted by atomic mass is 35.5. The SMILES string of the molecule is O=C(OC[C@H]1CC[C@@H](c2cccc(F)c2)N1S(=O)(=O)c1ccc(Cl)cc1)N1CCC(N2CCCCC2)CC1.S. The Morgan fingerprint density at radius 3 is 2.31 bits per heavy atom. The molecule has 0 aliphatic carbocycles. The summed E-state index contributed by atoms with van der Waals surface area (Å²) in [5.41, 5.74) is 0.580. The van der Waals surface area contributed by atoms with Crippen molar-refractivity contribution in [1.82, 2.24) is 14.1 Å². The van der Waals surface area contributed by atoms with Crippen LogP contribution in [0.25, 0.3) is 0 Å². The molecule has 0 spiro atoms. The van der Waals surface area contributed by atoms with Gasteiger partial charge in [-0.15, -0.1) is 0 Å². The van der Waals surface area contributed by atoms with Gasteiger partial charge in [0.05, 0.1) is 17.0 Å². The van der Waals surface area contributed by atoms with Crippen LogP contribution in [0.3, 0.4) is 0 Å². The second kappa shape index (κ2) is 13.2. The molecule has 0 saturated carbocycles. The van der Waals surface area contributed by atoms with E-state index < -0.39 is 34.0 Å². The van der Waals surface area contributed by atoms with Gasteiger partial charge in [-0.2, -0.15) is 17.8 Å². The van der Waals surface area contributed by atoms with Crippen molar-refractivity contribution < 1.29 is 22.3 Å². The normalized spacial score (nSPS) is 23.4. The first-order valence-corrected chi connectivity index (χ1v) is 15.3. The monoisotopic (exact) mass is 597 g/mol. The van der Waals surface area contributed by atoms with Crippen LogP contribution in [0.2, 0.25) is 5.02 Å². The Morgan fingerprint density at radius 2 is 1.64 bits per heavy atom. The zero-order valence-corrected chi connectivity index (χ0v) is 24.5. The van der Waals surface area contributed by atoms with Gasteiger partial charge < -0.3 is 14.5 Å². The number of carbonyl (C=O) groups excluding carboxylic acids is 1. The third kappa shape index (κ3) is 6.90. The lowest BCUT2D eigenvalue weighted by Gasteiger charge is -2.40. The predicted molar refractivity (Wildman–Crippen MR) is 154 cm³/mol. The predicted octanol–water partition coefficient (Wildman–Crippen LogP) is 5.57. The molecule has 3 aliphatic rings. The molecule has 11 heteroatoms. The van der Waals surface area contributed by atoms with Crippen molar-refractivity contribution in [3.05, 3.63) is 64.9 Å². The summed E-state index contributed by atoms with van der Waals surface area (Å²) in [6.45, 7) is 3.51. The number of likely N-dealkylation sites (tertiary alicyclic amines) is 2. The maximum atomic E-state index is 14.1. The fourth-order valence-electron chi connectivity index (χ4n) is 6.09. The van der Waals surface area contributed by atoms with Crippen LogP contribution in [-0.4, -0.2) is 73.5 Å². The average Bonchev–Trinajstić information content (AvgIpc) is 3.38. The molecule has 0 N–H and O–H groups in total. The second-order valence-corrected chi connectivity index (χ2v) is 12.8. The van der Waals surface area contributed by atoms with Crippen molar-refractivity contribution >= 4 is 41.2 Å². The second-order valence-electron chi connectivity index (χ2n) is 10.5. The highest BCUT2D eigenvalue weighted by molar-refractivity contribution is 7.89. The Kier molecular flexibility index (Phi) is 10.2. The van der Waals surface area contributed by atoms with Crippen LogP contribution < -0.4 is 0 Å². The highest BCUT2D eigenvalue weighted by Gasteiger charge is 2.44. The van der Waals surface area contributed by atoms with Crippen molar-refractivity contribution in [2.45, 2.75) is 68.0 Å². The van der Waals surface area contributed by atoms with E-state index in [-0.39, 0.29) is 25.0 Å². The number of rotatable bonds is 6. The summed E-state index contributed by atoms with van der Waals surface area (Å²) in [5, 5.41) is 0.432. The number of piperidine rings is 2. The molecule has 3 fully saturated rings. The zero-order chi connectivity index (χ0) is 26.7. The first kappa shape index (κ1) is 30.1. The molecule has 2 aromatic carbocycles. The minimum absolute atomic E-state index is 0. The molecule has 7 nitrogen and oxygen atoms in total. The van der Waals surface area contributed by atoms with Crippen LogP contribution in [-0.2, 0) is 14.8 Å². The fraction of sp³-hybridized carbons (Fsp3) is 0.536. The molecular formula is C28H37ClFN3O4S2. The van der Waals surface area contributed by atoms with Crippen molar-refractivity contribution in [3.63, 3.8) is 0 Å². The molecule has 3 saturated heterocycles. The van der Waals surface area contributed by atoms with E-state index in [9.17, 15) is 17.6 Å². The van der Waals surface area contributed by atoms with Crippen LogP contribution >= 0.6 is 25.1 Å². The Balaban J connectivity index is 0.00000353. The number of carbonyl (C=O) groups is 1. The lowest BCUT2D eigenvalue weighted by Crippen LogP contribution is -2.48. The first-order chi connectivity index (χ1) is 18.3. The fourth-order valence-corrected chi connectivity index (χ4v) is 8.06. The summed E-state index contributed by atoms with van der Waals surface area (Å²) >= 11 is 5.99. The van der Waals surface area contributed by atoms with Crippen molar-refractivity contribution in [2.75, 3.05) is 32.8 Å². The van der Waals surface area contributed by atoms with Gasteiger partial charge in [-0.25, -0.2) is 17.6 Å². The maximum Gasteiger partial charge on any atom is 0.409 e. The number of halogens is 2. The molecule has 3 heterocycles. The Labute approximate surface area is 242 Å². The van der Waals surface area contributed by atoms with Gasteiger partial charge in [-0.3, -0.25) is 0 Å². The number of nitrogens with zero attached hydrogens (tertiary/aromatic N) is 3. The molecule has 5 rings (SSSR count). The molecule has 0 radical (unpaired) electrons. The smallest absolute Gasteiger partial charge is 0.409 e. The summed E-state index contributed by atoms with van der Waals surface area (Å²) in [6, 6.07) is 11.4. The van der Waals surface area contributed by atoms with Gasteiger partial charge in [0.25, 0.3) is 0 Å². The summed E-state index contributed by atoms with van der Waals surface area (Å²) in [4.78, 5) is 17.3. The zero-order valence-electron chi connectivity index (χ0n) is 22.0. The Bertz CT molecular complexity index is 1220. The summed E-state index contributed by atoms with van der Waals surface area (Å²) in [6.07, 6.45) is 6.24. The minimum atomic E-state index is -3.97. The van der Waals surface area contributed by atoms with Gasteiger partial charge in [0, 0.05) is 24.2 Å². The third-order valence-electron chi connectivity index (χ3n) is 8.09. The van der Waals surface area contributed by atoms with E-state index in [2.05, 4.69) is 4.90 Å². The van der Waals surface area contributed by atoms with Crippen LogP contribution in [0, 0.1) is 5.82 Å². The highest BCUT2D eigenvalue weighted by Crippen LogP contribution is 2.41. The Morgan fingerprint density at radius 1 is 0.949 bits per heavy atom. The number of hydrogen-bond acceptors (Lipinski definition) is 5. The minimum Gasteiger partial charge on any atom is -0.448 e. The summed E-state index contributed by atoms with van der Waals surface area (Å²) in [5.74, 6) is -0.422. The molecular weight excluding hydrogens is 561 g/mol. The summed E-state index contributed by atoms with van der Waals surface area (Å²) in [7, 11) is -3.97. The standard InChI is InChI=1S/C28H35ClFN3O4S.H2S/c29-22-7-10-26(11-8-22)38(35,36)33-25(9-12-27(33)21-5-4-6-23(30)19-21)20-37-28(34)32-17-13-24(14-18-32)31-15-2-1-3-16-31;/h4-8,10-11,19,24-25,27H,1-3,9,12-18,20H2;1H2/t25-,27+;/m1./s1. The first-order valence-electron chi connectivity index (χ1n) is 13.5. The van der Waals surface area contributed by atoms with Gasteiger partial charge in [0.2, 0.25) is 10.0 Å². The van der Waals surface area contributed by atoms with E-state index >= 15 is 0 Å². The van der Waals surface area contributed by atoms with Crippen LogP contribution in [0.5, 0.6) is 0 Å². The number of benzene rings is 2. The van der Waals surface area contributed by atoms with Crippen molar-refractivity contribution in [3.8, 4) is 0 Å². The molecule has 2 aromatic rings. The van der Waals surface area contributed by atoms with Crippen LogP contribution in [0.1, 0.15) is 56.6 Å². The lowest BCUT2D eigenvalue weighted by atomic mass is 10.0. The van der Waals surface area contributed by atoms with Crippen LogP contribution in [0.15, 0.2) is 53.4 Å². The van der Waals surface area contributed by atoms with E-state index in [1.807, 2.05) is 0 Å². The molecule has 1 amide bonds. The van der Waals surface area contributed by atoms with Gasteiger partial charge in [-0.1, -0.05) is 30.2 Å². The molecule has 2 atom stereocenters. The lowest BCUT2D eigenvalue weighted by molar-refractivity contribution is 0.0575. The number of sulfonamides is 1. The molecule has 0 aromatic heterocycles.